The summed E-state index contributed by atoms with van der Waals surface area (Å²) in [7, 11) is -1.93. The van der Waals surface area contributed by atoms with Crippen molar-refractivity contribution < 1.29 is 22.7 Å². The van der Waals surface area contributed by atoms with Crippen molar-refractivity contribution in [3.05, 3.63) is 29.8 Å². The average Bonchev–Trinajstić information content (AvgIpc) is 2.96. The molecule has 0 aromatic heterocycles. The Kier molecular flexibility index (Phi) is 6.02. The molecule has 0 saturated heterocycles. The summed E-state index contributed by atoms with van der Waals surface area (Å²) in [6.07, 6.45) is 5.35. The van der Waals surface area contributed by atoms with E-state index in [1.807, 2.05) is 0 Å². The first kappa shape index (κ1) is 20.3. The minimum atomic E-state index is -3.67. The van der Waals surface area contributed by atoms with Gasteiger partial charge in [0.2, 0.25) is 0 Å². The van der Waals surface area contributed by atoms with Crippen LogP contribution in [-0.4, -0.2) is 56.8 Å². The van der Waals surface area contributed by atoms with Crippen LogP contribution in [0.15, 0.2) is 34.2 Å². The number of amides is 1. The second-order valence-corrected chi connectivity index (χ2v) is 8.81. The van der Waals surface area contributed by atoms with Crippen LogP contribution in [0.5, 0.6) is 0 Å². The normalized spacial score (nSPS) is 20.9. The SMILES string of the molecule is C[C@H](N=C1NS(=O)(=O)c2ccccc21)C(=O)OCC(=O)N(C)C1CCCCC1. The molecule has 2 aliphatic rings. The fourth-order valence-electron chi connectivity index (χ4n) is 3.50. The van der Waals surface area contributed by atoms with Gasteiger partial charge in [0.25, 0.3) is 15.9 Å². The number of hydrogen-bond acceptors (Lipinski definition) is 6. The number of sulfonamides is 1. The Labute approximate surface area is 165 Å². The van der Waals surface area contributed by atoms with E-state index in [0.29, 0.717) is 5.56 Å². The summed E-state index contributed by atoms with van der Waals surface area (Å²) in [5, 5.41) is 0. The topological polar surface area (TPSA) is 105 Å². The van der Waals surface area contributed by atoms with E-state index in [1.54, 1.807) is 30.1 Å². The number of carbonyl (C=O) groups excluding carboxylic acids is 2. The van der Waals surface area contributed by atoms with E-state index >= 15 is 0 Å². The molecular weight excluding hydrogens is 382 g/mol. The van der Waals surface area contributed by atoms with Crippen LogP contribution < -0.4 is 4.72 Å². The maximum Gasteiger partial charge on any atom is 0.331 e. The third kappa shape index (κ3) is 4.35. The van der Waals surface area contributed by atoms with E-state index in [4.69, 9.17) is 4.74 Å². The maximum absolute atomic E-state index is 12.3. The van der Waals surface area contributed by atoms with Crippen LogP contribution in [0, 0.1) is 0 Å². The van der Waals surface area contributed by atoms with Crippen molar-refractivity contribution in [3.63, 3.8) is 0 Å². The first-order valence-electron chi connectivity index (χ1n) is 9.42. The monoisotopic (exact) mass is 407 g/mol. The first-order chi connectivity index (χ1) is 13.3. The molecule has 1 amide bonds. The third-order valence-corrected chi connectivity index (χ3v) is 6.58. The van der Waals surface area contributed by atoms with Gasteiger partial charge in [0, 0.05) is 18.7 Å². The Balaban J connectivity index is 1.59. The Morgan fingerprint density at radius 3 is 2.64 bits per heavy atom. The minimum absolute atomic E-state index is 0.103. The summed E-state index contributed by atoms with van der Waals surface area (Å²) in [5.74, 6) is -0.820. The zero-order chi connectivity index (χ0) is 20.3. The van der Waals surface area contributed by atoms with Gasteiger partial charge in [0.15, 0.2) is 6.61 Å². The lowest BCUT2D eigenvalue weighted by atomic mass is 9.94. The van der Waals surface area contributed by atoms with Crippen LogP contribution in [0.1, 0.15) is 44.6 Å². The van der Waals surface area contributed by atoms with Crippen LogP contribution in [0.4, 0.5) is 0 Å². The molecule has 8 nitrogen and oxygen atoms in total. The van der Waals surface area contributed by atoms with Crippen LogP contribution in [0.3, 0.4) is 0 Å². The lowest BCUT2D eigenvalue weighted by molar-refractivity contribution is -0.153. The fourth-order valence-corrected chi connectivity index (χ4v) is 4.74. The fraction of sp³-hybridized carbons (Fsp3) is 0.526. The second kappa shape index (κ2) is 8.30. The molecule has 1 N–H and O–H groups in total. The number of nitrogens with one attached hydrogen (secondary N) is 1. The number of aliphatic imine (C=N–C) groups is 1. The van der Waals surface area contributed by atoms with Gasteiger partial charge in [0.1, 0.15) is 11.9 Å². The number of carbonyl (C=O) groups is 2. The van der Waals surface area contributed by atoms with Crippen LogP contribution in [0.25, 0.3) is 0 Å². The second-order valence-electron chi connectivity index (χ2n) is 7.16. The predicted octanol–water partition coefficient (Wildman–Crippen LogP) is 1.45. The van der Waals surface area contributed by atoms with Crippen molar-refractivity contribution >= 4 is 27.7 Å². The highest BCUT2D eigenvalue weighted by molar-refractivity contribution is 7.90. The molecule has 1 fully saturated rings. The van der Waals surface area contributed by atoms with Crippen molar-refractivity contribution in [2.24, 2.45) is 4.99 Å². The summed E-state index contributed by atoms with van der Waals surface area (Å²) in [5.41, 5.74) is 0.412. The largest absolute Gasteiger partial charge is 0.454 e. The molecule has 1 atom stereocenters. The number of esters is 1. The number of benzene rings is 1. The highest BCUT2D eigenvalue weighted by Gasteiger charge is 2.31. The zero-order valence-corrected chi connectivity index (χ0v) is 16.9. The van der Waals surface area contributed by atoms with E-state index in [-0.39, 0.29) is 29.3 Å². The van der Waals surface area contributed by atoms with Crippen molar-refractivity contribution in [2.75, 3.05) is 13.7 Å². The van der Waals surface area contributed by atoms with Crippen molar-refractivity contribution in [2.45, 2.75) is 56.0 Å². The molecule has 0 bridgehead atoms. The van der Waals surface area contributed by atoms with Crippen molar-refractivity contribution in [1.29, 1.82) is 0 Å². The molecular formula is C19H25N3O5S. The third-order valence-electron chi connectivity index (χ3n) is 5.18. The molecule has 152 valence electrons. The van der Waals surface area contributed by atoms with Crippen LogP contribution >= 0.6 is 0 Å². The summed E-state index contributed by atoms with van der Waals surface area (Å²) < 4.78 is 31.7. The van der Waals surface area contributed by atoms with Gasteiger partial charge in [-0.1, -0.05) is 31.4 Å². The van der Waals surface area contributed by atoms with E-state index in [0.717, 1.165) is 25.7 Å². The lowest BCUT2D eigenvalue weighted by Crippen LogP contribution is -2.41. The van der Waals surface area contributed by atoms with Gasteiger partial charge in [0.05, 0.1) is 4.90 Å². The smallest absolute Gasteiger partial charge is 0.331 e. The molecule has 1 heterocycles. The molecule has 0 spiro atoms. The standard InChI is InChI=1S/C19H25N3O5S/c1-13(20-18-15-10-6-7-11-16(15)28(25,26)21-18)19(24)27-12-17(23)22(2)14-8-4-3-5-9-14/h6-7,10-11,13-14H,3-5,8-9,12H2,1-2H3,(H,20,21)/t13-/m0/s1. The van der Waals surface area contributed by atoms with Crippen LogP contribution in [0.2, 0.25) is 0 Å². The number of hydrogen-bond donors (Lipinski definition) is 1. The molecule has 1 aliphatic heterocycles. The predicted molar refractivity (Wildman–Crippen MR) is 103 cm³/mol. The first-order valence-corrected chi connectivity index (χ1v) is 10.9. The minimum Gasteiger partial charge on any atom is -0.454 e. The zero-order valence-electron chi connectivity index (χ0n) is 16.1. The maximum atomic E-state index is 12.3. The Morgan fingerprint density at radius 1 is 1.25 bits per heavy atom. The number of ether oxygens (including phenoxy) is 1. The van der Waals surface area contributed by atoms with Gasteiger partial charge in [-0.25, -0.2) is 13.2 Å². The number of amidine groups is 1. The van der Waals surface area contributed by atoms with Gasteiger partial charge in [-0.15, -0.1) is 0 Å². The highest BCUT2D eigenvalue weighted by atomic mass is 32.2. The van der Waals surface area contributed by atoms with E-state index in [9.17, 15) is 18.0 Å². The quantitative estimate of drug-likeness (QED) is 0.744. The van der Waals surface area contributed by atoms with Gasteiger partial charge < -0.3 is 9.64 Å². The van der Waals surface area contributed by atoms with Crippen LogP contribution in [-0.2, 0) is 24.3 Å². The van der Waals surface area contributed by atoms with Crippen molar-refractivity contribution in [1.82, 2.24) is 9.62 Å². The molecule has 9 heteroatoms. The Morgan fingerprint density at radius 2 is 1.93 bits per heavy atom. The molecule has 1 aromatic rings. The number of nitrogens with zero attached hydrogens (tertiary/aromatic N) is 2. The molecule has 3 rings (SSSR count). The van der Waals surface area contributed by atoms with E-state index in [1.165, 1.54) is 19.4 Å². The average molecular weight is 407 g/mol. The summed E-state index contributed by atoms with van der Waals surface area (Å²) >= 11 is 0. The molecule has 1 aromatic carbocycles. The number of rotatable bonds is 5. The molecule has 0 radical (unpaired) electrons. The Hall–Kier alpha value is -2.42. The highest BCUT2D eigenvalue weighted by Crippen LogP contribution is 2.23. The van der Waals surface area contributed by atoms with E-state index < -0.39 is 22.0 Å². The van der Waals surface area contributed by atoms with Crippen molar-refractivity contribution in [3.8, 4) is 0 Å². The van der Waals surface area contributed by atoms with Gasteiger partial charge >= 0.3 is 5.97 Å². The summed E-state index contributed by atoms with van der Waals surface area (Å²) in [6, 6.07) is 5.65. The van der Waals surface area contributed by atoms with E-state index in [2.05, 4.69) is 9.71 Å². The summed E-state index contributed by atoms with van der Waals surface area (Å²) in [6.45, 7) is 1.16. The number of likely N-dealkylation sites (N-methyl/N-ethyl adjacent to an activating group) is 1. The Bertz CT molecular complexity index is 891. The molecule has 1 aliphatic carbocycles. The summed E-state index contributed by atoms with van der Waals surface area (Å²) in [4.78, 5) is 30.4. The molecule has 1 saturated carbocycles. The lowest BCUT2D eigenvalue weighted by Gasteiger charge is -2.31. The number of fused-ring (bicyclic) bond motifs is 1. The molecule has 0 unspecified atom stereocenters. The molecule has 28 heavy (non-hydrogen) atoms. The van der Waals surface area contributed by atoms with Gasteiger partial charge in [-0.3, -0.25) is 14.5 Å². The van der Waals surface area contributed by atoms with Gasteiger partial charge in [-0.05, 0) is 31.9 Å². The van der Waals surface area contributed by atoms with Gasteiger partial charge in [-0.2, -0.15) is 0 Å².